The molecule has 0 bridgehead atoms. The van der Waals surface area contributed by atoms with E-state index >= 15 is 0 Å². The quantitative estimate of drug-likeness (QED) is 0.554. The topological polar surface area (TPSA) is 0 Å². The number of hydrogen-bond acceptors (Lipinski definition) is 1. The van der Waals surface area contributed by atoms with Crippen molar-refractivity contribution in [1.82, 2.24) is 0 Å². The van der Waals surface area contributed by atoms with Gasteiger partial charge in [-0.25, -0.2) is 0 Å². The molecule has 0 unspecified atom stereocenters. The second-order valence-electron chi connectivity index (χ2n) is 6.07. The standard InChI is InChI=1S/C11H22S/c1-9(2,3)11(7-12-8-11)10(4,5)6/h7-8H2,1-6H3. The molecule has 1 saturated heterocycles. The van der Waals surface area contributed by atoms with Gasteiger partial charge < -0.3 is 0 Å². The molecule has 0 aliphatic carbocycles. The smallest absolute Gasteiger partial charge is 0.000737 e. The Hall–Kier alpha value is 0.350. The molecule has 1 heterocycles. The van der Waals surface area contributed by atoms with Crippen LogP contribution < -0.4 is 0 Å². The third kappa shape index (κ3) is 1.30. The zero-order valence-corrected chi connectivity index (χ0v) is 10.1. The third-order valence-electron chi connectivity index (χ3n) is 3.57. The summed E-state index contributed by atoms with van der Waals surface area (Å²) < 4.78 is 0. The summed E-state index contributed by atoms with van der Waals surface area (Å²) in [5.74, 6) is 2.69. The van der Waals surface area contributed by atoms with Crippen LogP contribution in [-0.2, 0) is 0 Å². The highest BCUT2D eigenvalue weighted by Crippen LogP contribution is 2.60. The van der Waals surface area contributed by atoms with Crippen LogP contribution in [0.3, 0.4) is 0 Å². The molecular weight excluding hydrogens is 164 g/mol. The van der Waals surface area contributed by atoms with Crippen molar-refractivity contribution < 1.29 is 0 Å². The molecular formula is C11H22S. The molecule has 1 aliphatic heterocycles. The van der Waals surface area contributed by atoms with Crippen molar-refractivity contribution in [2.75, 3.05) is 11.5 Å². The Kier molecular flexibility index (Phi) is 2.32. The van der Waals surface area contributed by atoms with Crippen LogP contribution in [0.4, 0.5) is 0 Å². The normalized spacial score (nSPS) is 23.5. The van der Waals surface area contributed by atoms with Gasteiger partial charge in [0, 0.05) is 11.5 Å². The maximum absolute atomic E-state index is 2.39. The molecule has 0 amide bonds. The summed E-state index contributed by atoms with van der Waals surface area (Å²) in [6, 6.07) is 0. The highest BCUT2D eigenvalue weighted by Gasteiger charge is 2.54. The molecule has 0 spiro atoms. The Balaban J connectivity index is 2.92. The van der Waals surface area contributed by atoms with Crippen molar-refractivity contribution in [1.29, 1.82) is 0 Å². The number of hydrogen-bond donors (Lipinski definition) is 0. The first-order valence-electron chi connectivity index (χ1n) is 4.78. The lowest BCUT2D eigenvalue weighted by Crippen LogP contribution is -2.55. The Morgan fingerprint density at radius 3 is 1.17 bits per heavy atom. The van der Waals surface area contributed by atoms with Crippen LogP contribution in [0.2, 0.25) is 0 Å². The summed E-state index contributed by atoms with van der Waals surface area (Å²) in [7, 11) is 0. The second kappa shape index (κ2) is 2.67. The van der Waals surface area contributed by atoms with Gasteiger partial charge in [-0.2, -0.15) is 11.8 Å². The van der Waals surface area contributed by atoms with Crippen LogP contribution in [-0.4, -0.2) is 11.5 Å². The van der Waals surface area contributed by atoms with Gasteiger partial charge in [-0.3, -0.25) is 0 Å². The van der Waals surface area contributed by atoms with Crippen LogP contribution in [0.1, 0.15) is 41.5 Å². The fourth-order valence-corrected chi connectivity index (χ4v) is 4.64. The maximum Gasteiger partial charge on any atom is 0.000737 e. The second-order valence-corrected chi connectivity index (χ2v) is 7.06. The van der Waals surface area contributed by atoms with Crippen LogP contribution in [0, 0.1) is 16.2 Å². The molecule has 72 valence electrons. The van der Waals surface area contributed by atoms with Gasteiger partial charge in [0.1, 0.15) is 0 Å². The van der Waals surface area contributed by atoms with Crippen molar-refractivity contribution in [3.05, 3.63) is 0 Å². The van der Waals surface area contributed by atoms with E-state index in [2.05, 4.69) is 53.3 Å². The van der Waals surface area contributed by atoms with Crippen molar-refractivity contribution in [2.24, 2.45) is 16.2 Å². The van der Waals surface area contributed by atoms with Crippen LogP contribution >= 0.6 is 11.8 Å². The summed E-state index contributed by atoms with van der Waals surface area (Å²) >= 11 is 2.10. The third-order valence-corrected chi connectivity index (χ3v) is 4.96. The van der Waals surface area contributed by atoms with Gasteiger partial charge in [0.15, 0.2) is 0 Å². The molecule has 1 aliphatic rings. The minimum atomic E-state index is 0.455. The molecule has 0 nitrogen and oxygen atoms in total. The molecule has 1 fully saturated rings. The monoisotopic (exact) mass is 186 g/mol. The van der Waals surface area contributed by atoms with Crippen molar-refractivity contribution in [3.63, 3.8) is 0 Å². The molecule has 0 aromatic carbocycles. The Morgan fingerprint density at radius 1 is 0.833 bits per heavy atom. The molecule has 0 radical (unpaired) electrons. The summed E-state index contributed by atoms with van der Waals surface area (Å²) in [4.78, 5) is 0. The molecule has 1 heteroatoms. The fourth-order valence-electron chi connectivity index (χ4n) is 2.30. The van der Waals surface area contributed by atoms with E-state index in [1.807, 2.05) is 0 Å². The van der Waals surface area contributed by atoms with E-state index in [0.29, 0.717) is 16.2 Å². The van der Waals surface area contributed by atoms with Gasteiger partial charge >= 0.3 is 0 Å². The Labute approximate surface area is 81.5 Å². The first kappa shape index (κ1) is 10.4. The van der Waals surface area contributed by atoms with Gasteiger partial charge in [-0.15, -0.1) is 0 Å². The van der Waals surface area contributed by atoms with E-state index in [9.17, 15) is 0 Å². The summed E-state index contributed by atoms with van der Waals surface area (Å²) in [6.07, 6.45) is 0. The van der Waals surface area contributed by atoms with Crippen LogP contribution in [0.15, 0.2) is 0 Å². The molecule has 1 rings (SSSR count). The molecule has 0 saturated carbocycles. The van der Waals surface area contributed by atoms with Gasteiger partial charge in [-0.05, 0) is 16.2 Å². The van der Waals surface area contributed by atoms with E-state index in [1.54, 1.807) is 0 Å². The fraction of sp³-hybridized carbons (Fsp3) is 1.00. The van der Waals surface area contributed by atoms with Gasteiger partial charge in [-0.1, -0.05) is 41.5 Å². The SMILES string of the molecule is CC(C)(C)C1(C(C)(C)C)CSC1. The van der Waals surface area contributed by atoms with E-state index in [4.69, 9.17) is 0 Å². The minimum absolute atomic E-state index is 0.455. The average Bonchev–Trinajstić information content (AvgIpc) is 1.47. The van der Waals surface area contributed by atoms with E-state index in [-0.39, 0.29) is 0 Å². The van der Waals surface area contributed by atoms with E-state index < -0.39 is 0 Å². The van der Waals surface area contributed by atoms with Gasteiger partial charge in [0.05, 0.1) is 0 Å². The summed E-state index contributed by atoms with van der Waals surface area (Å²) in [6.45, 7) is 14.3. The first-order valence-corrected chi connectivity index (χ1v) is 5.94. The minimum Gasteiger partial charge on any atom is -0.161 e. The highest BCUT2D eigenvalue weighted by molar-refractivity contribution is 8.00. The zero-order chi connectivity index (χ0) is 9.62. The Morgan fingerprint density at radius 2 is 1.17 bits per heavy atom. The molecule has 12 heavy (non-hydrogen) atoms. The van der Waals surface area contributed by atoms with Crippen molar-refractivity contribution in [3.8, 4) is 0 Å². The maximum atomic E-state index is 2.39. The van der Waals surface area contributed by atoms with Crippen LogP contribution in [0.25, 0.3) is 0 Å². The lowest BCUT2D eigenvalue weighted by Gasteiger charge is -2.59. The average molecular weight is 186 g/mol. The van der Waals surface area contributed by atoms with E-state index in [0.717, 1.165) is 0 Å². The van der Waals surface area contributed by atoms with Gasteiger partial charge in [0.25, 0.3) is 0 Å². The number of thioether (sulfide) groups is 1. The molecule has 0 aromatic rings. The zero-order valence-electron chi connectivity index (χ0n) is 9.32. The number of rotatable bonds is 0. The predicted octanol–water partition coefficient (Wildman–Crippen LogP) is 3.81. The Bertz CT molecular complexity index is 148. The molecule has 0 N–H and O–H groups in total. The highest BCUT2D eigenvalue weighted by atomic mass is 32.2. The van der Waals surface area contributed by atoms with Gasteiger partial charge in [0.2, 0.25) is 0 Å². The predicted molar refractivity (Wildman–Crippen MR) is 58.7 cm³/mol. The first-order chi connectivity index (χ1) is 5.21. The lowest BCUT2D eigenvalue weighted by molar-refractivity contribution is 0.00450. The summed E-state index contributed by atoms with van der Waals surface area (Å²) in [5, 5.41) is 0. The molecule has 0 aromatic heterocycles. The van der Waals surface area contributed by atoms with Crippen LogP contribution in [0.5, 0.6) is 0 Å². The largest absolute Gasteiger partial charge is 0.161 e. The van der Waals surface area contributed by atoms with E-state index in [1.165, 1.54) is 11.5 Å². The lowest BCUT2D eigenvalue weighted by atomic mass is 9.55. The summed E-state index contributed by atoms with van der Waals surface area (Å²) in [5.41, 5.74) is 1.47. The van der Waals surface area contributed by atoms with Crippen molar-refractivity contribution >= 4 is 11.8 Å². The van der Waals surface area contributed by atoms with Crippen molar-refractivity contribution in [2.45, 2.75) is 41.5 Å². The molecule has 0 atom stereocenters.